The summed E-state index contributed by atoms with van der Waals surface area (Å²) < 4.78 is 0.526. The Balaban J connectivity index is 2.08. The second-order valence-corrected chi connectivity index (χ2v) is 6.78. The van der Waals surface area contributed by atoms with Crippen LogP contribution in [-0.4, -0.2) is 9.49 Å². The molecule has 0 radical (unpaired) electrons. The van der Waals surface area contributed by atoms with E-state index in [4.69, 9.17) is 0 Å². The quantitative estimate of drug-likeness (QED) is 0.667. The molecule has 0 saturated carbocycles. The van der Waals surface area contributed by atoms with Crippen LogP contribution >= 0.6 is 11.8 Å². The van der Waals surface area contributed by atoms with E-state index < -0.39 is 0 Å². The molecule has 2 aliphatic carbocycles. The summed E-state index contributed by atoms with van der Waals surface area (Å²) in [5, 5.41) is 0. The van der Waals surface area contributed by atoms with Gasteiger partial charge in [0.1, 0.15) is 0 Å². The van der Waals surface area contributed by atoms with E-state index in [2.05, 4.69) is 74.2 Å². The van der Waals surface area contributed by atoms with Gasteiger partial charge in [0.15, 0.2) is 0 Å². The molecule has 0 nitrogen and oxygen atoms in total. The first-order valence-electron chi connectivity index (χ1n) is 5.51. The Morgan fingerprint density at radius 2 is 1.27 bits per heavy atom. The molecule has 0 aromatic heterocycles. The summed E-state index contributed by atoms with van der Waals surface area (Å²) in [7, 11) is 0. The third-order valence-corrected chi connectivity index (χ3v) is 4.44. The summed E-state index contributed by atoms with van der Waals surface area (Å²) in [6, 6.07) is 0. The molecule has 0 bridgehead atoms. The highest BCUT2D eigenvalue weighted by Gasteiger charge is 2.32. The molecule has 0 aromatic carbocycles. The van der Waals surface area contributed by atoms with Gasteiger partial charge in [-0.1, -0.05) is 48.6 Å². The van der Waals surface area contributed by atoms with Gasteiger partial charge in [-0.3, -0.25) is 0 Å². The van der Waals surface area contributed by atoms with Crippen molar-refractivity contribution in [3.8, 4) is 0 Å². The molecule has 0 heterocycles. The Morgan fingerprint density at radius 3 is 1.60 bits per heavy atom. The molecule has 15 heavy (non-hydrogen) atoms. The second-order valence-electron chi connectivity index (χ2n) is 4.71. The smallest absolute Gasteiger partial charge is 0.0356 e. The molecule has 0 spiro atoms. The van der Waals surface area contributed by atoms with Crippen LogP contribution in [0.3, 0.4) is 0 Å². The molecular weight excluding hydrogens is 200 g/mol. The van der Waals surface area contributed by atoms with E-state index in [1.54, 1.807) is 0 Å². The maximum atomic E-state index is 2.33. The molecule has 2 atom stereocenters. The molecule has 1 heteroatoms. The van der Waals surface area contributed by atoms with Crippen molar-refractivity contribution in [3.05, 3.63) is 48.6 Å². The van der Waals surface area contributed by atoms with Crippen LogP contribution in [0.2, 0.25) is 0 Å². The lowest BCUT2D eigenvalue weighted by Gasteiger charge is -2.36. The summed E-state index contributed by atoms with van der Waals surface area (Å²) in [5.74, 6) is 0. The molecule has 0 amide bonds. The number of allylic oxidation sites excluding steroid dienone is 6. The molecule has 80 valence electrons. The molecule has 2 aliphatic rings. The Kier molecular flexibility index (Phi) is 2.92. The zero-order chi connectivity index (χ0) is 10.8. The standard InChI is InChI=1S/C14H18S/c1-13(9-5-3-6-10-13)15-14(2)11-7-4-8-12-14/h3-9,11H,10,12H2,1-2H3. The average Bonchev–Trinajstić information content (AvgIpc) is 2.18. The zero-order valence-corrected chi connectivity index (χ0v) is 10.3. The van der Waals surface area contributed by atoms with Crippen LogP contribution in [0.5, 0.6) is 0 Å². The van der Waals surface area contributed by atoms with Gasteiger partial charge in [-0.25, -0.2) is 0 Å². The van der Waals surface area contributed by atoms with Gasteiger partial charge in [-0.05, 0) is 26.7 Å². The maximum absolute atomic E-state index is 2.33. The van der Waals surface area contributed by atoms with E-state index in [9.17, 15) is 0 Å². The van der Waals surface area contributed by atoms with Crippen LogP contribution in [-0.2, 0) is 0 Å². The van der Waals surface area contributed by atoms with Crippen molar-refractivity contribution in [2.75, 3.05) is 0 Å². The Bertz CT molecular complexity index is 314. The predicted molar refractivity (Wildman–Crippen MR) is 70.2 cm³/mol. The summed E-state index contributed by atoms with van der Waals surface area (Å²) >= 11 is 2.07. The van der Waals surface area contributed by atoms with Crippen LogP contribution in [0.25, 0.3) is 0 Å². The number of hydrogen-bond donors (Lipinski definition) is 0. The lowest BCUT2D eigenvalue weighted by atomic mass is 10.0. The molecule has 0 saturated heterocycles. The first kappa shape index (κ1) is 10.8. The minimum Gasteiger partial charge on any atom is -0.140 e. The first-order valence-corrected chi connectivity index (χ1v) is 6.33. The van der Waals surface area contributed by atoms with E-state index in [0.29, 0.717) is 0 Å². The average molecular weight is 218 g/mol. The van der Waals surface area contributed by atoms with Gasteiger partial charge in [-0.2, -0.15) is 0 Å². The molecule has 0 fully saturated rings. The fourth-order valence-electron chi connectivity index (χ4n) is 2.10. The molecule has 0 aromatic rings. The maximum Gasteiger partial charge on any atom is 0.0356 e. The van der Waals surface area contributed by atoms with Crippen LogP contribution < -0.4 is 0 Å². The Labute approximate surface area is 96.8 Å². The fraction of sp³-hybridized carbons (Fsp3) is 0.429. The predicted octanol–water partition coefficient (Wildman–Crippen LogP) is 4.27. The van der Waals surface area contributed by atoms with Crippen molar-refractivity contribution < 1.29 is 0 Å². The Hall–Kier alpha value is -0.690. The van der Waals surface area contributed by atoms with Gasteiger partial charge < -0.3 is 0 Å². The van der Waals surface area contributed by atoms with E-state index in [1.807, 2.05) is 0 Å². The van der Waals surface area contributed by atoms with E-state index in [1.165, 1.54) is 0 Å². The number of hydrogen-bond acceptors (Lipinski definition) is 1. The van der Waals surface area contributed by atoms with Crippen molar-refractivity contribution >= 4 is 11.8 Å². The van der Waals surface area contributed by atoms with E-state index in [0.717, 1.165) is 12.8 Å². The van der Waals surface area contributed by atoms with Crippen molar-refractivity contribution in [2.45, 2.75) is 36.2 Å². The molecule has 0 aliphatic heterocycles. The lowest BCUT2D eigenvalue weighted by Crippen LogP contribution is -2.28. The topological polar surface area (TPSA) is 0 Å². The summed E-state index contributed by atoms with van der Waals surface area (Å²) in [6.45, 7) is 4.66. The van der Waals surface area contributed by atoms with Crippen LogP contribution in [0.4, 0.5) is 0 Å². The number of rotatable bonds is 2. The number of thioether (sulfide) groups is 1. The van der Waals surface area contributed by atoms with E-state index >= 15 is 0 Å². The van der Waals surface area contributed by atoms with Crippen LogP contribution in [0, 0.1) is 0 Å². The van der Waals surface area contributed by atoms with Gasteiger partial charge >= 0.3 is 0 Å². The van der Waals surface area contributed by atoms with Crippen molar-refractivity contribution in [1.29, 1.82) is 0 Å². The first-order chi connectivity index (χ1) is 7.12. The monoisotopic (exact) mass is 218 g/mol. The van der Waals surface area contributed by atoms with Gasteiger partial charge in [0.2, 0.25) is 0 Å². The molecular formula is C14H18S. The SMILES string of the molecule is CC1(SC2(C)C=CC=CC2)C=CC=CC1. The summed E-state index contributed by atoms with van der Waals surface area (Å²) in [5.41, 5.74) is 0. The minimum absolute atomic E-state index is 0.263. The van der Waals surface area contributed by atoms with Crippen molar-refractivity contribution in [2.24, 2.45) is 0 Å². The van der Waals surface area contributed by atoms with Crippen LogP contribution in [0.1, 0.15) is 26.7 Å². The minimum atomic E-state index is 0.263. The van der Waals surface area contributed by atoms with Gasteiger partial charge in [-0.15, -0.1) is 11.8 Å². The highest BCUT2D eigenvalue weighted by Crippen LogP contribution is 2.45. The van der Waals surface area contributed by atoms with Crippen molar-refractivity contribution in [1.82, 2.24) is 0 Å². The molecule has 2 unspecified atom stereocenters. The van der Waals surface area contributed by atoms with Crippen molar-refractivity contribution in [3.63, 3.8) is 0 Å². The third kappa shape index (κ3) is 2.66. The van der Waals surface area contributed by atoms with E-state index in [-0.39, 0.29) is 9.49 Å². The molecule has 0 N–H and O–H groups in total. The normalized spacial score (nSPS) is 38.5. The third-order valence-electron chi connectivity index (χ3n) is 2.90. The molecule has 2 rings (SSSR count). The highest BCUT2D eigenvalue weighted by molar-refractivity contribution is 8.02. The summed E-state index contributed by atoms with van der Waals surface area (Å²) in [6.07, 6.45) is 20.1. The second kappa shape index (κ2) is 4.05. The van der Waals surface area contributed by atoms with Crippen LogP contribution in [0.15, 0.2) is 48.6 Å². The van der Waals surface area contributed by atoms with Gasteiger partial charge in [0.25, 0.3) is 0 Å². The van der Waals surface area contributed by atoms with Gasteiger partial charge in [0, 0.05) is 9.49 Å². The van der Waals surface area contributed by atoms with Gasteiger partial charge in [0.05, 0.1) is 0 Å². The Morgan fingerprint density at radius 1 is 0.800 bits per heavy atom. The lowest BCUT2D eigenvalue weighted by molar-refractivity contribution is 0.740. The summed E-state index contributed by atoms with van der Waals surface area (Å²) in [4.78, 5) is 0. The highest BCUT2D eigenvalue weighted by atomic mass is 32.2. The zero-order valence-electron chi connectivity index (χ0n) is 9.44. The largest absolute Gasteiger partial charge is 0.140 e. The fourth-order valence-corrected chi connectivity index (χ4v) is 3.82.